The van der Waals surface area contributed by atoms with E-state index in [1.165, 1.54) is 6.42 Å². The van der Waals surface area contributed by atoms with E-state index in [4.69, 9.17) is 4.98 Å². The van der Waals surface area contributed by atoms with Gasteiger partial charge in [0.05, 0.1) is 12.2 Å². The van der Waals surface area contributed by atoms with Crippen LogP contribution in [0.25, 0.3) is 11.3 Å². The van der Waals surface area contributed by atoms with Gasteiger partial charge < -0.3 is 9.80 Å². The fourth-order valence-corrected chi connectivity index (χ4v) is 6.62. The number of aromatic nitrogens is 3. The largest absolute Gasteiger partial charge is 0.342 e. The van der Waals surface area contributed by atoms with E-state index in [0.717, 1.165) is 50.5 Å². The molecule has 1 aliphatic carbocycles. The number of carbonyl (C=O) groups excluding carboxylic acids is 2. The van der Waals surface area contributed by atoms with Gasteiger partial charge in [0.2, 0.25) is 11.9 Å². The van der Waals surface area contributed by atoms with Gasteiger partial charge in [-0.15, -0.1) is 0 Å². The normalized spacial score (nSPS) is 19.1. The third-order valence-corrected chi connectivity index (χ3v) is 8.94. The van der Waals surface area contributed by atoms with Crippen LogP contribution in [0.2, 0.25) is 0 Å². The van der Waals surface area contributed by atoms with Gasteiger partial charge in [-0.3, -0.25) is 23.9 Å². The van der Waals surface area contributed by atoms with Gasteiger partial charge in [0.1, 0.15) is 0 Å². The molecule has 39 heavy (non-hydrogen) atoms. The van der Waals surface area contributed by atoms with Gasteiger partial charge in [0, 0.05) is 60.7 Å². The molecule has 8 heteroatoms. The molecule has 1 saturated heterocycles. The Balaban J connectivity index is 1.34. The quantitative estimate of drug-likeness (QED) is 0.461. The Kier molecular flexibility index (Phi) is 7.02. The molecule has 3 aromatic rings. The van der Waals surface area contributed by atoms with Crippen molar-refractivity contribution in [3.05, 3.63) is 76.8 Å². The zero-order valence-corrected chi connectivity index (χ0v) is 22.3. The van der Waals surface area contributed by atoms with Crippen molar-refractivity contribution in [2.24, 2.45) is 5.92 Å². The summed E-state index contributed by atoms with van der Waals surface area (Å²) in [5, 5.41) is 0. The molecule has 0 bridgehead atoms. The number of amides is 1. The lowest BCUT2D eigenvalue weighted by atomic mass is 9.80. The summed E-state index contributed by atoms with van der Waals surface area (Å²) < 4.78 is 1.70. The molecule has 6 rings (SSSR count). The van der Waals surface area contributed by atoms with Crippen LogP contribution in [-0.4, -0.2) is 56.3 Å². The number of fused-ring (bicyclic) bond motifs is 1. The van der Waals surface area contributed by atoms with Crippen molar-refractivity contribution < 1.29 is 9.59 Å². The highest BCUT2D eigenvalue weighted by molar-refractivity contribution is 5.99. The number of rotatable bonds is 5. The molecule has 0 atom stereocenters. The average molecular weight is 526 g/mol. The first-order chi connectivity index (χ1) is 19.0. The van der Waals surface area contributed by atoms with E-state index in [1.807, 2.05) is 47.4 Å². The van der Waals surface area contributed by atoms with E-state index >= 15 is 0 Å². The monoisotopic (exact) mass is 525 g/mol. The second-order valence-electron chi connectivity index (χ2n) is 11.2. The van der Waals surface area contributed by atoms with E-state index in [2.05, 4.69) is 9.88 Å². The molecule has 3 aliphatic rings. The number of hydrogen-bond donors (Lipinski definition) is 0. The lowest BCUT2D eigenvalue weighted by Crippen LogP contribution is -2.62. The van der Waals surface area contributed by atoms with Crippen LogP contribution in [0.5, 0.6) is 0 Å². The summed E-state index contributed by atoms with van der Waals surface area (Å²) in [6.07, 6.45) is 11.1. The molecule has 202 valence electrons. The van der Waals surface area contributed by atoms with Gasteiger partial charge in [-0.05, 0) is 44.2 Å². The number of Topliss-reactive ketones (excluding diaryl/α,β-unsaturated/α-hetero) is 1. The molecule has 4 heterocycles. The van der Waals surface area contributed by atoms with Crippen molar-refractivity contribution in [3.63, 3.8) is 0 Å². The van der Waals surface area contributed by atoms with Gasteiger partial charge in [-0.1, -0.05) is 49.6 Å². The molecular weight excluding hydrogens is 490 g/mol. The Labute approximate surface area is 228 Å². The van der Waals surface area contributed by atoms with Crippen molar-refractivity contribution in [2.45, 2.75) is 63.5 Å². The number of nitrogens with zero attached hydrogens (tertiary/aromatic N) is 5. The fraction of sp³-hybridized carbons (Fsp3) is 0.452. The number of likely N-dealkylation sites (tertiary alicyclic amines) is 1. The van der Waals surface area contributed by atoms with E-state index in [1.54, 1.807) is 23.0 Å². The van der Waals surface area contributed by atoms with E-state index < -0.39 is 0 Å². The summed E-state index contributed by atoms with van der Waals surface area (Å²) in [6, 6.07) is 14.5. The maximum absolute atomic E-state index is 13.5. The van der Waals surface area contributed by atoms with E-state index in [9.17, 15) is 14.4 Å². The highest BCUT2D eigenvalue weighted by atomic mass is 16.2. The Morgan fingerprint density at radius 2 is 1.59 bits per heavy atom. The van der Waals surface area contributed by atoms with Crippen molar-refractivity contribution in [1.29, 1.82) is 0 Å². The highest BCUT2D eigenvalue weighted by Gasteiger charge is 2.46. The molecular formula is C31H35N5O3. The molecule has 8 nitrogen and oxygen atoms in total. The molecule has 1 amide bonds. The Bertz CT molecular complexity index is 1390. The first-order valence-corrected chi connectivity index (χ1v) is 14.2. The summed E-state index contributed by atoms with van der Waals surface area (Å²) in [5.41, 5.74) is 1.57. The van der Waals surface area contributed by atoms with Crippen molar-refractivity contribution >= 4 is 17.6 Å². The second kappa shape index (κ2) is 10.8. The standard InChI is InChI=1S/C31H35N5O3/c37-27(24-7-3-1-4-8-24)22-36-30-33-26(23-11-16-32-17-12-23)21-28(38)35(30)20-15-31(36)13-18-34(19-14-31)29(39)25-9-5-2-6-10-25/h1,3-4,7-8,11-12,16-17,21,25H,2,5-6,9-10,13-15,18-20,22H2. The lowest BCUT2D eigenvalue weighted by molar-refractivity contribution is -0.138. The summed E-state index contributed by atoms with van der Waals surface area (Å²) >= 11 is 0. The van der Waals surface area contributed by atoms with Crippen LogP contribution in [0.3, 0.4) is 0 Å². The Morgan fingerprint density at radius 1 is 0.897 bits per heavy atom. The van der Waals surface area contributed by atoms with Crippen LogP contribution in [0.15, 0.2) is 65.7 Å². The van der Waals surface area contributed by atoms with Gasteiger partial charge in [-0.25, -0.2) is 4.98 Å². The second-order valence-corrected chi connectivity index (χ2v) is 11.2. The lowest BCUT2D eigenvalue weighted by Gasteiger charge is -2.52. The van der Waals surface area contributed by atoms with E-state index in [-0.39, 0.29) is 29.3 Å². The van der Waals surface area contributed by atoms with Crippen LogP contribution >= 0.6 is 0 Å². The predicted molar refractivity (Wildman–Crippen MR) is 150 cm³/mol. The molecule has 0 unspecified atom stereocenters. The number of carbonyl (C=O) groups is 2. The minimum Gasteiger partial charge on any atom is -0.342 e. The smallest absolute Gasteiger partial charge is 0.255 e. The zero-order valence-electron chi connectivity index (χ0n) is 22.3. The summed E-state index contributed by atoms with van der Waals surface area (Å²) in [4.78, 5) is 53.3. The number of hydrogen-bond acceptors (Lipinski definition) is 6. The third kappa shape index (κ3) is 5.00. The fourth-order valence-electron chi connectivity index (χ4n) is 6.62. The SMILES string of the molecule is O=C(CN1c2nc(-c3ccncc3)cc(=O)n2CCC12CCN(C(=O)C1CCCCC1)CC2)c1ccccc1. The number of ketones is 1. The minimum absolute atomic E-state index is 0.00676. The summed E-state index contributed by atoms with van der Waals surface area (Å²) in [5.74, 6) is 0.977. The highest BCUT2D eigenvalue weighted by Crippen LogP contribution is 2.40. The van der Waals surface area contributed by atoms with Crippen LogP contribution in [0, 0.1) is 5.92 Å². The van der Waals surface area contributed by atoms with Crippen molar-refractivity contribution in [2.75, 3.05) is 24.5 Å². The number of benzene rings is 1. The van der Waals surface area contributed by atoms with Crippen molar-refractivity contribution in [1.82, 2.24) is 19.4 Å². The van der Waals surface area contributed by atoms with Gasteiger partial charge in [0.15, 0.2) is 5.78 Å². The van der Waals surface area contributed by atoms with Gasteiger partial charge in [-0.2, -0.15) is 0 Å². The summed E-state index contributed by atoms with van der Waals surface area (Å²) in [7, 11) is 0. The Hall–Kier alpha value is -3.81. The molecule has 2 fully saturated rings. The topological polar surface area (TPSA) is 88.4 Å². The maximum atomic E-state index is 13.5. The first-order valence-electron chi connectivity index (χ1n) is 14.2. The minimum atomic E-state index is -0.343. The number of piperidine rings is 1. The molecule has 0 N–H and O–H groups in total. The Morgan fingerprint density at radius 3 is 2.31 bits per heavy atom. The number of anilines is 1. The third-order valence-electron chi connectivity index (χ3n) is 8.94. The van der Waals surface area contributed by atoms with Crippen LogP contribution in [0.1, 0.15) is 61.7 Å². The molecule has 1 aromatic carbocycles. The predicted octanol–water partition coefficient (Wildman–Crippen LogP) is 4.34. The summed E-state index contributed by atoms with van der Waals surface area (Å²) in [6.45, 7) is 2.01. The van der Waals surface area contributed by atoms with Gasteiger partial charge in [0.25, 0.3) is 5.56 Å². The van der Waals surface area contributed by atoms with Crippen molar-refractivity contribution in [3.8, 4) is 11.3 Å². The van der Waals surface area contributed by atoms with Crippen LogP contribution in [0.4, 0.5) is 5.95 Å². The molecule has 2 aliphatic heterocycles. The van der Waals surface area contributed by atoms with Crippen LogP contribution < -0.4 is 10.5 Å². The number of pyridine rings is 1. The maximum Gasteiger partial charge on any atom is 0.255 e. The molecule has 1 saturated carbocycles. The average Bonchev–Trinajstić information content (AvgIpc) is 3.00. The van der Waals surface area contributed by atoms with E-state index in [0.29, 0.717) is 42.7 Å². The van der Waals surface area contributed by atoms with Gasteiger partial charge >= 0.3 is 0 Å². The molecule has 2 aromatic heterocycles. The molecule has 1 spiro atoms. The molecule has 0 radical (unpaired) electrons. The first kappa shape index (κ1) is 25.5. The zero-order chi connectivity index (χ0) is 26.8. The van der Waals surface area contributed by atoms with Crippen LogP contribution in [-0.2, 0) is 11.3 Å².